The molecule has 1 aromatic heterocycles. The van der Waals surface area contributed by atoms with Crippen LogP contribution in [-0.4, -0.2) is 4.92 Å². The van der Waals surface area contributed by atoms with Gasteiger partial charge in [0, 0.05) is 21.9 Å². The van der Waals surface area contributed by atoms with E-state index in [1.54, 1.807) is 35.6 Å². The van der Waals surface area contributed by atoms with Crippen LogP contribution in [0.1, 0.15) is 25.6 Å². The number of hydrogen-bond donors (Lipinski definition) is 0. The molecule has 2 rings (SSSR count). The smallest absolute Gasteiger partial charge is 0.258 e. The first kappa shape index (κ1) is 12.8. The van der Waals surface area contributed by atoms with Crippen molar-refractivity contribution in [3.05, 3.63) is 51.4 Å². The largest absolute Gasteiger partial charge is 0.269 e. The number of hydrogen-bond acceptors (Lipinski definition) is 3. The van der Waals surface area contributed by atoms with Crippen LogP contribution in [0.3, 0.4) is 0 Å². The van der Waals surface area contributed by atoms with E-state index in [1.807, 2.05) is 0 Å². The number of nitrogens with zero attached hydrogens (tertiary/aromatic N) is 1. The molecule has 0 aliphatic carbocycles. The van der Waals surface area contributed by atoms with Gasteiger partial charge in [0.25, 0.3) is 5.69 Å². The molecule has 0 saturated carbocycles. The number of thiophene rings is 1. The maximum absolute atomic E-state index is 10.6. The Labute approximate surface area is 110 Å². The molecule has 3 nitrogen and oxygen atoms in total. The summed E-state index contributed by atoms with van der Waals surface area (Å²) in [4.78, 5) is 12.7. The fraction of sp³-hybridized carbons (Fsp3) is 0.286. The Kier molecular flexibility index (Phi) is 3.22. The van der Waals surface area contributed by atoms with Crippen molar-refractivity contribution >= 4 is 17.0 Å². The fourth-order valence-corrected chi connectivity index (χ4v) is 2.71. The minimum atomic E-state index is -0.376. The van der Waals surface area contributed by atoms with E-state index in [-0.39, 0.29) is 16.0 Å². The maximum atomic E-state index is 10.6. The molecule has 0 aliphatic heterocycles. The van der Waals surface area contributed by atoms with Crippen molar-refractivity contribution in [1.82, 2.24) is 0 Å². The summed E-state index contributed by atoms with van der Waals surface area (Å²) in [6, 6.07) is 10.9. The normalized spacial score (nSPS) is 11.5. The lowest BCUT2D eigenvalue weighted by Gasteiger charge is -2.15. The standard InChI is InChI=1S/C14H15NO2S/c1-14(2,3)13-9-8-12(18-13)10-4-6-11(7-5-10)15(16)17/h4-9H,1-3H3. The molecular formula is C14H15NO2S. The molecule has 4 heteroatoms. The van der Waals surface area contributed by atoms with Crippen LogP contribution in [0.25, 0.3) is 10.4 Å². The van der Waals surface area contributed by atoms with Crippen LogP contribution in [0.5, 0.6) is 0 Å². The summed E-state index contributed by atoms with van der Waals surface area (Å²) in [6.45, 7) is 6.54. The van der Waals surface area contributed by atoms with Crippen LogP contribution in [0.2, 0.25) is 0 Å². The van der Waals surface area contributed by atoms with Gasteiger partial charge < -0.3 is 0 Å². The number of nitro benzene ring substituents is 1. The molecule has 0 spiro atoms. The van der Waals surface area contributed by atoms with Crippen molar-refractivity contribution in [1.29, 1.82) is 0 Å². The zero-order valence-electron chi connectivity index (χ0n) is 10.6. The first-order chi connectivity index (χ1) is 8.38. The SMILES string of the molecule is CC(C)(C)c1ccc(-c2ccc([N+](=O)[O-])cc2)s1. The Balaban J connectivity index is 2.32. The summed E-state index contributed by atoms with van der Waals surface area (Å²) in [5.41, 5.74) is 1.30. The fourth-order valence-electron chi connectivity index (χ4n) is 1.64. The van der Waals surface area contributed by atoms with Gasteiger partial charge in [-0.2, -0.15) is 0 Å². The number of nitro groups is 1. The van der Waals surface area contributed by atoms with Crippen molar-refractivity contribution in [2.24, 2.45) is 0 Å². The van der Waals surface area contributed by atoms with Crippen LogP contribution < -0.4 is 0 Å². The van der Waals surface area contributed by atoms with E-state index in [9.17, 15) is 10.1 Å². The lowest BCUT2D eigenvalue weighted by molar-refractivity contribution is -0.384. The molecule has 0 fully saturated rings. The highest BCUT2D eigenvalue weighted by Crippen LogP contribution is 2.35. The molecule has 0 amide bonds. The van der Waals surface area contributed by atoms with E-state index in [2.05, 4.69) is 32.9 Å². The molecule has 0 saturated heterocycles. The number of benzene rings is 1. The lowest BCUT2D eigenvalue weighted by Crippen LogP contribution is -2.07. The van der Waals surface area contributed by atoms with Gasteiger partial charge >= 0.3 is 0 Å². The molecule has 0 aliphatic rings. The molecule has 1 heterocycles. The molecule has 2 aromatic rings. The molecule has 0 atom stereocenters. The molecule has 0 radical (unpaired) electrons. The van der Waals surface area contributed by atoms with E-state index >= 15 is 0 Å². The summed E-state index contributed by atoms with van der Waals surface area (Å²) in [5.74, 6) is 0. The molecule has 0 bridgehead atoms. The third kappa shape index (κ3) is 2.59. The minimum absolute atomic E-state index is 0.131. The lowest BCUT2D eigenvalue weighted by atomic mass is 9.95. The average molecular weight is 261 g/mol. The third-order valence-corrected chi connectivity index (χ3v) is 4.27. The molecule has 94 valence electrons. The van der Waals surface area contributed by atoms with Gasteiger partial charge in [-0.3, -0.25) is 10.1 Å². The highest BCUT2D eigenvalue weighted by atomic mass is 32.1. The second-order valence-electron chi connectivity index (χ2n) is 5.22. The monoisotopic (exact) mass is 261 g/mol. The van der Waals surface area contributed by atoms with Gasteiger partial charge in [-0.15, -0.1) is 11.3 Å². The quantitative estimate of drug-likeness (QED) is 0.584. The molecule has 0 unspecified atom stereocenters. The van der Waals surface area contributed by atoms with Crippen LogP contribution >= 0.6 is 11.3 Å². The van der Waals surface area contributed by atoms with Gasteiger partial charge in [0.1, 0.15) is 0 Å². The maximum Gasteiger partial charge on any atom is 0.269 e. The van der Waals surface area contributed by atoms with Crippen molar-refractivity contribution in [3.63, 3.8) is 0 Å². The van der Waals surface area contributed by atoms with Gasteiger partial charge in [0.2, 0.25) is 0 Å². The summed E-state index contributed by atoms with van der Waals surface area (Å²) >= 11 is 1.74. The van der Waals surface area contributed by atoms with Crippen molar-refractivity contribution in [3.8, 4) is 10.4 Å². The van der Waals surface area contributed by atoms with Gasteiger partial charge in [0.05, 0.1) is 4.92 Å². The zero-order valence-corrected chi connectivity index (χ0v) is 11.5. The summed E-state index contributed by atoms with van der Waals surface area (Å²) in [5, 5.41) is 10.6. The molecule has 18 heavy (non-hydrogen) atoms. The van der Waals surface area contributed by atoms with E-state index in [0.717, 1.165) is 10.4 Å². The van der Waals surface area contributed by atoms with Gasteiger partial charge in [-0.05, 0) is 35.2 Å². The Morgan fingerprint density at radius 2 is 1.67 bits per heavy atom. The van der Waals surface area contributed by atoms with E-state index < -0.39 is 0 Å². The minimum Gasteiger partial charge on any atom is -0.258 e. The predicted molar refractivity (Wildman–Crippen MR) is 75.1 cm³/mol. The van der Waals surface area contributed by atoms with Gasteiger partial charge in [-0.25, -0.2) is 0 Å². The Hall–Kier alpha value is -1.68. The highest BCUT2D eigenvalue weighted by Gasteiger charge is 2.16. The number of rotatable bonds is 2. The third-order valence-electron chi connectivity index (χ3n) is 2.71. The van der Waals surface area contributed by atoms with Gasteiger partial charge in [-0.1, -0.05) is 20.8 Å². The molecular weight excluding hydrogens is 246 g/mol. The Morgan fingerprint density at radius 1 is 1.06 bits per heavy atom. The Bertz CT molecular complexity index is 564. The second-order valence-corrected chi connectivity index (χ2v) is 6.30. The van der Waals surface area contributed by atoms with E-state index in [4.69, 9.17) is 0 Å². The molecule has 1 aromatic carbocycles. The van der Waals surface area contributed by atoms with Crippen LogP contribution in [0.15, 0.2) is 36.4 Å². The molecule has 0 N–H and O–H groups in total. The number of non-ortho nitro benzene ring substituents is 1. The van der Waals surface area contributed by atoms with E-state index in [0.29, 0.717) is 0 Å². The second kappa shape index (κ2) is 4.53. The first-order valence-corrected chi connectivity index (χ1v) is 6.55. The van der Waals surface area contributed by atoms with Gasteiger partial charge in [0.15, 0.2) is 0 Å². The van der Waals surface area contributed by atoms with Crippen LogP contribution in [0, 0.1) is 10.1 Å². The topological polar surface area (TPSA) is 43.1 Å². The zero-order chi connectivity index (χ0) is 13.3. The Morgan fingerprint density at radius 3 is 2.11 bits per heavy atom. The highest BCUT2D eigenvalue weighted by molar-refractivity contribution is 7.15. The summed E-state index contributed by atoms with van der Waals surface area (Å²) < 4.78 is 0. The first-order valence-electron chi connectivity index (χ1n) is 5.73. The average Bonchev–Trinajstić information content (AvgIpc) is 2.78. The van der Waals surface area contributed by atoms with E-state index in [1.165, 1.54) is 4.88 Å². The van der Waals surface area contributed by atoms with Crippen molar-refractivity contribution < 1.29 is 4.92 Å². The van der Waals surface area contributed by atoms with Crippen molar-refractivity contribution in [2.75, 3.05) is 0 Å². The summed E-state index contributed by atoms with van der Waals surface area (Å²) in [7, 11) is 0. The van der Waals surface area contributed by atoms with Crippen LogP contribution in [-0.2, 0) is 5.41 Å². The van der Waals surface area contributed by atoms with Crippen LogP contribution in [0.4, 0.5) is 5.69 Å². The van der Waals surface area contributed by atoms with Crippen molar-refractivity contribution in [2.45, 2.75) is 26.2 Å². The summed E-state index contributed by atoms with van der Waals surface area (Å²) in [6.07, 6.45) is 0. The predicted octanol–water partition coefficient (Wildman–Crippen LogP) is 4.62.